The van der Waals surface area contributed by atoms with Crippen molar-refractivity contribution in [2.75, 3.05) is 13.1 Å². The van der Waals surface area contributed by atoms with E-state index >= 15 is 0 Å². The van der Waals surface area contributed by atoms with E-state index in [1.807, 2.05) is 13.8 Å². The molecule has 0 aliphatic carbocycles. The number of aliphatic carboxylic acids is 1. The zero-order valence-corrected chi connectivity index (χ0v) is 18.6. The van der Waals surface area contributed by atoms with Crippen molar-refractivity contribution in [3.63, 3.8) is 0 Å². The van der Waals surface area contributed by atoms with Crippen molar-refractivity contribution in [2.45, 2.75) is 64.1 Å². The van der Waals surface area contributed by atoms with Gasteiger partial charge in [0.05, 0.1) is 12.9 Å². The molecule has 3 atom stereocenters. The van der Waals surface area contributed by atoms with E-state index in [9.17, 15) is 24.3 Å². The van der Waals surface area contributed by atoms with Crippen molar-refractivity contribution in [1.29, 1.82) is 0 Å². The Hall–Kier alpha value is -2.99. The van der Waals surface area contributed by atoms with Gasteiger partial charge in [0.25, 0.3) is 0 Å². The Morgan fingerprint density at radius 1 is 1.03 bits per heavy atom. The maximum Gasteiger partial charge on any atom is 0.326 e. The SMILES string of the molecule is CC(C)CC(NC(=O)C(Cc1cnc[nH]1)NC(=O)C(CCCCN)NC(=O)CN)C(=O)O. The summed E-state index contributed by atoms with van der Waals surface area (Å²) in [5.41, 5.74) is 11.4. The first kappa shape index (κ1) is 27.0. The van der Waals surface area contributed by atoms with Crippen molar-refractivity contribution in [2.24, 2.45) is 17.4 Å². The van der Waals surface area contributed by atoms with Gasteiger partial charge in [-0.15, -0.1) is 0 Å². The number of carboxylic acids is 1. The highest BCUT2D eigenvalue weighted by atomic mass is 16.4. The summed E-state index contributed by atoms with van der Waals surface area (Å²) in [5, 5.41) is 17.1. The molecule has 12 nitrogen and oxygen atoms in total. The van der Waals surface area contributed by atoms with E-state index in [0.29, 0.717) is 31.5 Å². The summed E-state index contributed by atoms with van der Waals surface area (Å²) >= 11 is 0. The molecule has 0 aliphatic heterocycles. The molecule has 12 heteroatoms. The van der Waals surface area contributed by atoms with Crippen LogP contribution in [-0.4, -0.2) is 70.0 Å². The Labute approximate surface area is 187 Å². The van der Waals surface area contributed by atoms with Gasteiger partial charge in [-0.3, -0.25) is 14.4 Å². The van der Waals surface area contributed by atoms with E-state index in [4.69, 9.17) is 11.5 Å². The number of imidazole rings is 1. The maximum atomic E-state index is 12.9. The fraction of sp³-hybridized carbons (Fsp3) is 0.650. The van der Waals surface area contributed by atoms with Crippen LogP contribution in [0.1, 0.15) is 45.2 Å². The van der Waals surface area contributed by atoms with Crippen LogP contribution >= 0.6 is 0 Å². The molecule has 0 spiro atoms. The molecule has 1 aromatic heterocycles. The first-order chi connectivity index (χ1) is 15.2. The highest BCUT2D eigenvalue weighted by Crippen LogP contribution is 2.08. The van der Waals surface area contributed by atoms with Crippen LogP contribution in [0.2, 0.25) is 0 Å². The Kier molecular flexibility index (Phi) is 12.0. The van der Waals surface area contributed by atoms with Crippen molar-refractivity contribution in [3.05, 3.63) is 18.2 Å². The third kappa shape index (κ3) is 9.88. The molecule has 1 aromatic rings. The van der Waals surface area contributed by atoms with Gasteiger partial charge in [-0.1, -0.05) is 13.8 Å². The molecule has 0 saturated carbocycles. The minimum absolute atomic E-state index is 0.0375. The van der Waals surface area contributed by atoms with Gasteiger partial charge in [0.2, 0.25) is 17.7 Å². The normalized spacial score (nSPS) is 13.8. The lowest BCUT2D eigenvalue weighted by Crippen LogP contribution is -2.57. The summed E-state index contributed by atoms with van der Waals surface area (Å²) in [4.78, 5) is 55.9. The molecule has 0 bridgehead atoms. The molecule has 1 rings (SSSR count). The number of hydrogen-bond donors (Lipinski definition) is 7. The van der Waals surface area contributed by atoms with Gasteiger partial charge < -0.3 is 37.5 Å². The molecule has 1 heterocycles. The molecule has 0 aromatic carbocycles. The zero-order valence-electron chi connectivity index (χ0n) is 18.6. The Bertz CT molecular complexity index is 739. The third-order valence-electron chi connectivity index (χ3n) is 4.72. The molecular weight excluding hydrogens is 418 g/mol. The summed E-state index contributed by atoms with van der Waals surface area (Å²) < 4.78 is 0. The van der Waals surface area contributed by atoms with Crippen LogP contribution < -0.4 is 27.4 Å². The summed E-state index contributed by atoms with van der Waals surface area (Å²) in [6.45, 7) is 3.85. The van der Waals surface area contributed by atoms with E-state index in [1.54, 1.807) is 0 Å². The predicted octanol–water partition coefficient (Wildman–Crippen LogP) is -1.37. The quantitative estimate of drug-likeness (QED) is 0.157. The largest absolute Gasteiger partial charge is 0.480 e. The standard InChI is InChI=1S/C20H35N7O5/c1-12(2)7-16(20(31)32)27-19(30)15(8-13-10-23-11-24-13)26-18(29)14(5-3-4-6-21)25-17(28)9-22/h10-12,14-16H,3-9,21-22H2,1-2H3,(H,23,24)(H,25,28)(H,26,29)(H,27,30)(H,31,32). The Balaban J connectivity index is 2.99. The fourth-order valence-corrected chi connectivity index (χ4v) is 3.08. The fourth-order valence-electron chi connectivity index (χ4n) is 3.08. The van der Waals surface area contributed by atoms with Crippen LogP contribution in [0.15, 0.2) is 12.5 Å². The summed E-state index contributed by atoms with van der Waals surface area (Å²) in [5.74, 6) is -2.84. The van der Waals surface area contributed by atoms with E-state index in [1.165, 1.54) is 12.5 Å². The van der Waals surface area contributed by atoms with Gasteiger partial charge >= 0.3 is 5.97 Å². The van der Waals surface area contributed by atoms with Crippen LogP contribution in [0.25, 0.3) is 0 Å². The van der Waals surface area contributed by atoms with Gasteiger partial charge in [-0.2, -0.15) is 0 Å². The second-order valence-corrected chi connectivity index (χ2v) is 7.98. The second-order valence-electron chi connectivity index (χ2n) is 7.98. The van der Waals surface area contributed by atoms with Crippen molar-refractivity contribution >= 4 is 23.7 Å². The monoisotopic (exact) mass is 453 g/mol. The number of rotatable bonds is 15. The van der Waals surface area contributed by atoms with Crippen LogP contribution in [0.4, 0.5) is 0 Å². The number of aromatic nitrogens is 2. The lowest BCUT2D eigenvalue weighted by atomic mass is 10.0. The number of carbonyl (C=O) groups is 4. The molecule has 9 N–H and O–H groups in total. The predicted molar refractivity (Wildman–Crippen MR) is 117 cm³/mol. The highest BCUT2D eigenvalue weighted by molar-refractivity contribution is 5.93. The van der Waals surface area contributed by atoms with E-state index in [0.717, 1.165) is 0 Å². The average Bonchev–Trinajstić information content (AvgIpc) is 3.24. The molecule has 180 valence electrons. The molecule has 3 unspecified atom stereocenters. The van der Waals surface area contributed by atoms with Gasteiger partial charge in [-0.05, 0) is 38.1 Å². The zero-order chi connectivity index (χ0) is 24.1. The lowest BCUT2D eigenvalue weighted by Gasteiger charge is -2.24. The van der Waals surface area contributed by atoms with E-state index < -0.39 is 41.8 Å². The molecule has 0 aliphatic rings. The Morgan fingerprint density at radius 2 is 1.69 bits per heavy atom. The Morgan fingerprint density at radius 3 is 2.22 bits per heavy atom. The average molecular weight is 454 g/mol. The first-order valence-corrected chi connectivity index (χ1v) is 10.7. The summed E-state index contributed by atoms with van der Waals surface area (Å²) in [6, 6.07) is -3.08. The number of amides is 3. The third-order valence-corrected chi connectivity index (χ3v) is 4.72. The van der Waals surface area contributed by atoms with Crippen LogP contribution in [0, 0.1) is 5.92 Å². The molecule has 0 fully saturated rings. The minimum atomic E-state index is -1.16. The number of nitrogens with two attached hydrogens (primary N) is 2. The minimum Gasteiger partial charge on any atom is -0.480 e. The molecule has 3 amide bonds. The molecular formula is C20H35N7O5. The van der Waals surface area contributed by atoms with Gasteiger partial charge in [0, 0.05) is 18.3 Å². The van der Waals surface area contributed by atoms with E-state index in [-0.39, 0.29) is 25.3 Å². The van der Waals surface area contributed by atoms with Gasteiger partial charge in [-0.25, -0.2) is 9.78 Å². The van der Waals surface area contributed by atoms with Crippen molar-refractivity contribution in [1.82, 2.24) is 25.9 Å². The number of aromatic amines is 1. The van der Waals surface area contributed by atoms with Crippen LogP contribution in [0.3, 0.4) is 0 Å². The molecule has 32 heavy (non-hydrogen) atoms. The van der Waals surface area contributed by atoms with Crippen molar-refractivity contribution in [3.8, 4) is 0 Å². The summed E-state index contributed by atoms with van der Waals surface area (Å²) in [7, 11) is 0. The number of H-pyrrole nitrogens is 1. The van der Waals surface area contributed by atoms with Crippen molar-refractivity contribution < 1.29 is 24.3 Å². The number of nitrogens with zero attached hydrogens (tertiary/aromatic N) is 1. The van der Waals surface area contributed by atoms with Gasteiger partial charge in [0.15, 0.2) is 0 Å². The number of nitrogens with one attached hydrogen (secondary N) is 4. The van der Waals surface area contributed by atoms with Crippen LogP contribution in [0.5, 0.6) is 0 Å². The number of unbranched alkanes of at least 4 members (excludes halogenated alkanes) is 1. The number of hydrogen-bond acceptors (Lipinski definition) is 7. The maximum absolute atomic E-state index is 12.9. The highest BCUT2D eigenvalue weighted by Gasteiger charge is 2.30. The van der Waals surface area contributed by atoms with Gasteiger partial charge in [0.1, 0.15) is 18.1 Å². The number of carboxylic acid groups (broad SMARTS) is 1. The topological polar surface area (TPSA) is 205 Å². The smallest absolute Gasteiger partial charge is 0.326 e. The molecule has 0 radical (unpaired) electrons. The lowest BCUT2D eigenvalue weighted by molar-refractivity contribution is -0.142. The summed E-state index contributed by atoms with van der Waals surface area (Å²) in [6.07, 6.45) is 4.80. The second kappa shape index (κ2) is 14.1. The molecule has 0 saturated heterocycles. The first-order valence-electron chi connectivity index (χ1n) is 10.7. The number of carbonyl (C=O) groups excluding carboxylic acids is 3. The van der Waals surface area contributed by atoms with Crippen LogP contribution in [-0.2, 0) is 25.6 Å². The van der Waals surface area contributed by atoms with E-state index in [2.05, 4.69) is 25.9 Å².